The van der Waals surface area contributed by atoms with Crippen molar-refractivity contribution in [2.24, 2.45) is 10.8 Å². The van der Waals surface area contributed by atoms with Crippen molar-refractivity contribution in [1.29, 1.82) is 0 Å². The van der Waals surface area contributed by atoms with Crippen molar-refractivity contribution in [3.05, 3.63) is 70.9 Å². The lowest BCUT2D eigenvalue weighted by molar-refractivity contribution is -0.138. The SMILES string of the molecule is COC(=O)C1=C(OCc2ccccc2)c2ccc(N3CCCCC3)cc2CN1/N=C\N. The normalized spacial score (nSPS) is 16.4. The Morgan fingerprint density at radius 2 is 1.90 bits per heavy atom. The van der Waals surface area contributed by atoms with Crippen LogP contribution in [0.25, 0.3) is 5.76 Å². The van der Waals surface area contributed by atoms with Crippen LogP contribution < -0.4 is 10.6 Å². The molecule has 0 amide bonds. The van der Waals surface area contributed by atoms with E-state index in [9.17, 15) is 4.79 Å². The summed E-state index contributed by atoms with van der Waals surface area (Å²) in [5.74, 6) is -0.0628. The number of piperidine rings is 1. The molecule has 2 heterocycles. The third-order valence-corrected chi connectivity index (χ3v) is 5.66. The van der Waals surface area contributed by atoms with Crippen molar-refractivity contribution in [2.75, 3.05) is 25.1 Å². The van der Waals surface area contributed by atoms with Gasteiger partial charge in [-0.15, -0.1) is 0 Å². The minimum absolute atomic E-state index is 0.248. The number of rotatable bonds is 6. The van der Waals surface area contributed by atoms with Gasteiger partial charge in [-0.25, -0.2) is 9.80 Å². The monoisotopic (exact) mass is 420 g/mol. The van der Waals surface area contributed by atoms with E-state index < -0.39 is 5.97 Å². The number of methoxy groups -OCH3 is 1. The molecule has 2 aromatic rings. The van der Waals surface area contributed by atoms with Crippen LogP contribution in [0.2, 0.25) is 0 Å². The molecule has 2 aliphatic heterocycles. The molecule has 2 aromatic carbocycles. The standard InChI is InChI=1S/C24H28N4O3/c1-30-24(29)22-23(31-16-18-8-4-2-5-9-18)21-11-10-20(27-12-6-3-7-13-27)14-19(21)15-28(22)26-17-25/h2,4-5,8-11,14,17H,3,6-7,12-13,15-16H2,1H3,(H2,25,26). The van der Waals surface area contributed by atoms with Gasteiger partial charge in [-0.05, 0) is 48.6 Å². The zero-order valence-corrected chi connectivity index (χ0v) is 17.8. The smallest absolute Gasteiger partial charge is 0.360 e. The van der Waals surface area contributed by atoms with Crippen molar-refractivity contribution in [3.8, 4) is 0 Å². The number of nitrogens with zero attached hydrogens (tertiary/aromatic N) is 3. The molecule has 0 bridgehead atoms. The van der Waals surface area contributed by atoms with Crippen molar-refractivity contribution in [2.45, 2.75) is 32.4 Å². The van der Waals surface area contributed by atoms with E-state index in [1.54, 1.807) is 5.01 Å². The highest BCUT2D eigenvalue weighted by Crippen LogP contribution is 2.36. The molecule has 1 fully saturated rings. The first-order valence-electron chi connectivity index (χ1n) is 10.6. The van der Waals surface area contributed by atoms with E-state index in [1.165, 1.54) is 38.4 Å². The molecule has 0 saturated carbocycles. The van der Waals surface area contributed by atoms with Gasteiger partial charge >= 0.3 is 5.97 Å². The molecule has 2 N–H and O–H groups in total. The minimum atomic E-state index is -0.514. The molecule has 4 rings (SSSR count). The van der Waals surface area contributed by atoms with Gasteiger partial charge in [0.15, 0.2) is 11.5 Å². The van der Waals surface area contributed by atoms with Gasteiger partial charge in [-0.1, -0.05) is 30.3 Å². The predicted octanol–water partition coefficient (Wildman–Crippen LogP) is 3.45. The number of esters is 1. The van der Waals surface area contributed by atoms with Crippen LogP contribution in [0.4, 0.5) is 5.69 Å². The molecule has 31 heavy (non-hydrogen) atoms. The van der Waals surface area contributed by atoms with Gasteiger partial charge in [0.25, 0.3) is 0 Å². The Kier molecular flexibility index (Phi) is 6.40. The summed E-state index contributed by atoms with van der Waals surface area (Å²) in [6, 6.07) is 16.1. The summed E-state index contributed by atoms with van der Waals surface area (Å²) >= 11 is 0. The van der Waals surface area contributed by atoms with E-state index in [2.05, 4.69) is 22.1 Å². The molecule has 7 heteroatoms. The first-order chi connectivity index (χ1) is 15.2. The fourth-order valence-corrected chi connectivity index (χ4v) is 4.12. The summed E-state index contributed by atoms with van der Waals surface area (Å²) < 4.78 is 11.2. The summed E-state index contributed by atoms with van der Waals surface area (Å²) in [6.07, 6.45) is 4.87. The molecule has 2 aliphatic rings. The summed E-state index contributed by atoms with van der Waals surface area (Å²) in [6.45, 7) is 2.85. The summed E-state index contributed by atoms with van der Waals surface area (Å²) in [4.78, 5) is 15.1. The third kappa shape index (κ3) is 4.50. The first-order valence-corrected chi connectivity index (χ1v) is 10.6. The Morgan fingerprint density at radius 3 is 2.61 bits per heavy atom. The summed E-state index contributed by atoms with van der Waals surface area (Å²) in [5, 5.41) is 5.76. The van der Waals surface area contributed by atoms with Crippen LogP contribution in [-0.2, 0) is 27.4 Å². The number of benzene rings is 2. The lowest BCUT2D eigenvalue weighted by Crippen LogP contribution is -2.32. The number of ether oxygens (including phenoxy) is 2. The minimum Gasteiger partial charge on any atom is -0.486 e. The number of hydrazone groups is 1. The van der Waals surface area contributed by atoms with Crippen LogP contribution in [0.15, 0.2) is 59.3 Å². The van der Waals surface area contributed by atoms with Gasteiger partial charge in [0.2, 0.25) is 0 Å². The fraction of sp³-hybridized carbons (Fsp3) is 0.333. The molecule has 0 unspecified atom stereocenters. The van der Waals surface area contributed by atoms with Crippen LogP contribution in [0, 0.1) is 0 Å². The molecule has 7 nitrogen and oxygen atoms in total. The maximum absolute atomic E-state index is 12.7. The number of fused-ring (bicyclic) bond motifs is 1. The second-order valence-electron chi connectivity index (χ2n) is 7.65. The molecule has 0 aromatic heterocycles. The number of carbonyl (C=O) groups is 1. The summed E-state index contributed by atoms with van der Waals surface area (Å²) in [5.41, 5.74) is 9.92. The molecule has 0 atom stereocenters. The maximum Gasteiger partial charge on any atom is 0.360 e. The fourth-order valence-electron chi connectivity index (χ4n) is 4.12. The van der Waals surface area contributed by atoms with E-state index in [0.717, 1.165) is 29.8 Å². The van der Waals surface area contributed by atoms with Crippen LogP contribution >= 0.6 is 0 Å². The lowest BCUT2D eigenvalue weighted by Gasteiger charge is -2.32. The van der Waals surface area contributed by atoms with Crippen LogP contribution in [-0.4, -0.2) is 37.5 Å². The highest BCUT2D eigenvalue weighted by atomic mass is 16.5. The van der Waals surface area contributed by atoms with Gasteiger partial charge < -0.3 is 20.1 Å². The Labute approximate surface area is 182 Å². The maximum atomic E-state index is 12.7. The number of hydrogen-bond donors (Lipinski definition) is 1. The van der Waals surface area contributed by atoms with Gasteiger partial charge in [-0.3, -0.25) is 0 Å². The molecular formula is C24H28N4O3. The molecule has 0 radical (unpaired) electrons. The van der Waals surface area contributed by atoms with Gasteiger partial charge in [-0.2, -0.15) is 5.10 Å². The molecular weight excluding hydrogens is 392 g/mol. The van der Waals surface area contributed by atoms with E-state index >= 15 is 0 Å². The van der Waals surface area contributed by atoms with Crippen molar-refractivity contribution in [3.63, 3.8) is 0 Å². The number of carbonyl (C=O) groups excluding carboxylic acids is 1. The highest BCUT2D eigenvalue weighted by Gasteiger charge is 2.32. The topological polar surface area (TPSA) is 80.4 Å². The van der Waals surface area contributed by atoms with E-state index in [-0.39, 0.29) is 5.70 Å². The Hall–Kier alpha value is -3.48. The van der Waals surface area contributed by atoms with Gasteiger partial charge in [0, 0.05) is 24.3 Å². The summed E-state index contributed by atoms with van der Waals surface area (Å²) in [7, 11) is 1.35. The van der Waals surface area contributed by atoms with Gasteiger partial charge in [0.05, 0.1) is 13.7 Å². The molecule has 0 spiro atoms. The Morgan fingerprint density at radius 1 is 1.13 bits per heavy atom. The van der Waals surface area contributed by atoms with Crippen LogP contribution in [0.1, 0.15) is 36.0 Å². The van der Waals surface area contributed by atoms with Crippen LogP contribution in [0.3, 0.4) is 0 Å². The zero-order chi connectivity index (χ0) is 21.6. The number of nitrogens with two attached hydrogens (primary N) is 1. The third-order valence-electron chi connectivity index (χ3n) is 5.66. The van der Waals surface area contributed by atoms with Crippen LogP contribution in [0.5, 0.6) is 0 Å². The van der Waals surface area contributed by atoms with Crippen molar-refractivity contribution in [1.82, 2.24) is 5.01 Å². The average molecular weight is 421 g/mol. The Balaban J connectivity index is 1.74. The lowest BCUT2D eigenvalue weighted by atomic mass is 9.98. The second kappa shape index (κ2) is 9.55. The quantitative estimate of drug-likeness (QED) is 0.438. The molecule has 0 aliphatic carbocycles. The number of hydrogen-bond acceptors (Lipinski definition) is 6. The van der Waals surface area contributed by atoms with Gasteiger partial charge in [0.1, 0.15) is 12.9 Å². The second-order valence-corrected chi connectivity index (χ2v) is 7.65. The first kappa shape index (κ1) is 20.8. The van der Waals surface area contributed by atoms with E-state index in [0.29, 0.717) is 18.9 Å². The van der Waals surface area contributed by atoms with E-state index in [4.69, 9.17) is 15.2 Å². The van der Waals surface area contributed by atoms with Crippen molar-refractivity contribution < 1.29 is 14.3 Å². The number of anilines is 1. The zero-order valence-electron chi connectivity index (χ0n) is 17.8. The highest BCUT2D eigenvalue weighted by molar-refractivity contribution is 5.96. The van der Waals surface area contributed by atoms with Crippen molar-refractivity contribution >= 4 is 23.8 Å². The molecule has 162 valence electrons. The predicted molar refractivity (Wildman–Crippen MR) is 121 cm³/mol. The average Bonchev–Trinajstić information content (AvgIpc) is 2.83. The largest absolute Gasteiger partial charge is 0.486 e. The van der Waals surface area contributed by atoms with E-state index in [1.807, 2.05) is 36.4 Å². The Bertz CT molecular complexity index is 982. The molecule has 1 saturated heterocycles.